The number of hydrogen-bond acceptors (Lipinski definition) is 12. The third kappa shape index (κ3) is 4.90. The highest BCUT2D eigenvalue weighted by atomic mass is 16.9. The molecule has 0 unspecified atom stereocenters. The summed E-state index contributed by atoms with van der Waals surface area (Å²) in [5.74, 6) is -1.77. The molecule has 14 heteroatoms. The van der Waals surface area contributed by atoms with E-state index in [9.17, 15) is 29.4 Å². The van der Waals surface area contributed by atoms with Crippen molar-refractivity contribution in [2.75, 3.05) is 19.8 Å². The minimum atomic E-state index is -1.65. The summed E-state index contributed by atoms with van der Waals surface area (Å²) in [5.41, 5.74) is -1.51. The summed E-state index contributed by atoms with van der Waals surface area (Å²) in [5, 5.41) is 20.0. The molecular weight excluding hydrogens is 436 g/mol. The van der Waals surface area contributed by atoms with Crippen molar-refractivity contribution in [2.24, 2.45) is 0 Å². The standard InChI is InChI=1S/C18H24N2O12/c1-3-27-15(24)12-13(16(25)28-4-2)32-18(31-12)30-11-10(23)8(7-21)29-14(11)20-6-5-9(22)19-17(20)26/h5-6,8,10-14,18,21,23H,3-4,7H2,1-2H3,(H,19,22,26)/t8-,10-,11-,12+,13+,14-/m0/s1. The number of ether oxygens (including phenoxy) is 6. The zero-order chi connectivity index (χ0) is 23.4. The predicted octanol–water partition coefficient (Wildman–Crippen LogP) is -2.63. The molecule has 14 nitrogen and oxygen atoms in total. The fourth-order valence-electron chi connectivity index (χ4n) is 3.28. The van der Waals surface area contributed by atoms with E-state index in [-0.39, 0.29) is 13.2 Å². The lowest BCUT2D eigenvalue weighted by Crippen LogP contribution is -2.41. The molecule has 2 saturated heterocycles. The molecule has 0 saturated carbocycles. The second-order valence-electron chi connectivity index (χ2n) is 6.76. The molecule has 2 aliphatic rings. The van der Waals surface area contributed by atoms with Crippen LogP contribution in [0, 0.1) is 0 Å². The molecule has 0 aliphatic carbocycles. The van der Waals surface area contributed by atoms with E-state index in [2.05, 4.69) is 0 Å². The van der Waals surface area contributed by atoms with Crippen molar-refractivity contribution in [2.45, 2.75) is 57.1 Å². The fourth-order valence-corrected chi connectivity index (χ4v) is 3.28. The average molecular weight is 460 g/mol. The molecule has 32 heavy (non-hydrogen) atoms. The molecule has 0 bridgehead atoms. The number of aromatic amines is 1. The molecule has 3 rings (SSSR count). The van der Waals surface area contributed by atoms with Crippen LogP contribution in [0.15, 0.2) is 21.9 Å². The van der Waals surface area contributed by atoms with Crippen LogP contribution in [0.25, 0.3) is 0 Å². The van der Waals surface area contributed by atoms with Gasteiger partial charge in [0.05, 0.1) is 19.8 Å². The number of rotatable bonds is 8. The van der Waals surface area contributed by atoms with Crippen molar-refractivity contribution >= 4 is 11.9 Å². The predicted molar refractivity (Wildman–Crippen MR) is 100.0 cm³/mol. The van der Waals surface area contributed by atoms with E-state index < -0.39 is 73.0 Å². The third-order valence-electron chi connectivity index (χ3n) is 4.71. The van der Waals surface area contributed by atoms with Crippen molar-refractivity contribution in [1.29, 1.82) is 0 Å². The van der Waals surface area contributed by atoms with Gasteiger partial charge in [0.25, 0.3) is 12.0 Å². The molecule has 1 aromatic rings. The number of aliphatic hydroxyl groups excluding tert-OH is 2. The van der Waals surface area contributed by atoms with E-state index in [1.807, 2.05) is 4.98 Å². The van der Waals surface area contributed by atoms with Gasteiger partial charge in [-0.05, 0) is 13.8 Å². The average Bonchev–Trinajstić information content (AvgIpc) is 3.31. The van der Waals surface area contributed by atoms with E-state index in [0.29, 0.717) is 0 Å². The minimum absolute atomic E-state index is 0.0182. The second kappa shape index (κ2) is 10.3. The Hall–Kier alpha value is -2.62. The Balaban J connectivity index is 1.83. The van der Waals surface area contributed by atoms with Crippen LogP contribution in [0.3, 0.4) is 0 Å². The first-order chi connectivity index (χ1) is 15.3. The molecular formula is C18H24N2O12. The van der Waals surface area contributed by atoms with E-state index in [0.717, 1.165) is 16.8 Å². The van der Waals surface area contributed by atoms with Crippen molar-refractivity contribution in [3.05, 3.63) is 33.1 Å². The lowest BCUT2D eigenvalue weighted by Gasteiger charge is -2.24. The van der Waals surface area contributed by atoms with E-state index >= 15 is 0 Å². The van der Waals surface area contributed by atoms with Crippen LogP contribution in [-0.2, 0) is 38.0 Å². The first kappa shape index (κ1) is 24.0. The van der Waals surface area contributed by atoms with Gasteiger partial charge in [-0.1, -0.05) is 0 Å². The number of aliphatic hydroxyl groups is 2. The number of nitrogens with one attached hydrogen (secondary N) is 1. The van der Waals surface area contributed by atoms with E-state index in [4.69, 9.17) is 28.4 Å². The number of hydrogen-bond donors (Lipinski definition) is 3. The van der Waals surface area contributed by atoms with Crippen molar-refractivity contribution in [1.82, 2.24) is 9.55 Å². The highest BCUT2D eigenvalue weighted by Crippen LogP contribution is 2.34. The van der Waals surface area contributed by atoms with Crippen LogP contribution < -0.4 is 11.2 Å². The summed E-state index contributed by atoms with van der Waals surface area (Å²) in [6.45, 7) is 0.900. The number of nitrogens with zero attached hydrogens (tertiary/aromatic N) is 1. The molecule has 6 atom stereocenters. The van der Waals surface area contributed by atoms with Crippen molar-refractivity contribution in [3.8, 4) is 0 Å². The van der Waals surface area contributed by atoms with Crippen LogP contribution in [-0.4, -0.2) is 88.5 Å². The molecule has 3 heterocycles. The summed E-state index contributed by atoms with van der Waals surface area (Å²) in [7, 11) is 0. The van der Waals surface area contributed by atoms with Gasteiger partial charge < -0.3 is 38.6 Å². The van der Waals surface area contributed by atoms with Gasteiger partial charge in [0, 0.05) is 12.3 Å². The summed E-state index contributed by atoms with van der Waals surface area (Å²) >= 11 is 0. The Bertz CT molecular complexity index is 903. The van der Waals surface area contributed by atoms with Crippen LogP contribution >= 0.6 is 0 Å². The summed E-state index contributed by atoms with van der Waals surface area (Å²) in [4.78, 5) is 50.0. The molecule has 3 N–H and O–H groups in total. The maximum absolute atomic E-state index is 12.2. The normalized spacial score (nSPS) is 30.4. The zero-order valence-electron chi connectivity index (χ0n) is 17.2. The maximum atomic E-state index is 12.2. The Kier molecular flexibility index (Phi) is 7.76. The monoisotopic (exact) mass is 460 g/mol. The summed E-state index contributed by atoms with van der Waals surface area (Å²) < 4.78 is 32.5. The zero-order valence-corrected chi connectivity index (χ0v) is 17.2. The lowest BCUT2D eigenvalue weighted by atomic mass is 10.1. The van der Waals surface area contributed by atoms with Crippen LogP contribution in [0.2, 0.25) is 0 Å². The van der Waals surface area contributed by atoms with Crippen LogP contribution in [0.4, 0.5) is 0 Å². The van der Waals surface area contributed by atoms with Gasteiger partial charge in [0.1, 0.15) is 18.3 Å². The van der Waals surface area contributed by atoms with Crippen LogP contribution in [0.5, 0.6) is 0 Å². The second-order valence-corrected chi connectivity index (χ2v) is 6.76. The van der Waals surface area contributed by atoms with Gasteiger partial charge in [0.15, 0.2) is 18.4 Å². The van der Waals surface area contributed by atoms with E-state index in [1.165, 1.54) is 0 Å². The highest BCUT2D eigenvalue weighted by molar-refractivity contribution is 5.86. The van der Waals surface area contributed by atoms with Crippen molar-refractivity contribution < 1.29 is 48.2 Å². The Morgan fingerprint density at radius 2 is 1.69 bits per heavy atom. The van der Waals surface area contributed by atoms with E-state index in [1.54, 1.807) is 13.8 Å². The van der Waals surface area contributed by atoms with Gasteiger partial charge in [-0.15, -0.1) is 0 Å². The van der Waals surface area contributed by atoms with Gasteiger partial charge in [-0.25, -0.2) is 14.4 Å². The molecule has 178 valence electrons. The summed E-state index contributed by atoms with van der Waals surface area (Å²) in [6, 6.07) is 1.05. The SMILES string of the molecule is CCOC(=O)[C@@H]1OC(O[C@H]2[C@@H](O)[C@H](CO)O[C@@H]2n2ccc(=O)[nH]c2=O)O[C@H]1C(=O)OCC. The van der Waals surface area contributed by atoms with Crippen LogP contribution in [0.1, 0.15) is 20.1 Å². The number of aromatic nitrogens is 2. The Morgan fingerprint density at radius 3 is 2.19 bits per heavy atom. The van der Waals surface area contributed by atoms with Gasteiger partial charge >= 0.3 is 17.6 Å². The quantitative estimate of drug-likeness (QED) is 0.343. The van der Waals surface area contributed by atoms with Crippen molar-refractivity contribution in [3.63, 3.8) is 0 Å². The third-order valence-corrected chi connectivity index (χ3v) is 4.71. The smallest absolute Gasteiger partial charge is 0.338 e. The number of carbonyl (C=O) groups excluding carboxylic acids is 2. The first-order valence-corrected chi connectivity index (χ1v) is 9.86. The fraction of sp³-hybridized carbons (Fsp3) is 0.667. The number of H-pyrrole nitrogens is 1. The van der Waals surface area contributed by atoms with Gasteiger partial charge in [-0.3, -0.25) is 14.3 Å². The Labute approximate surface area is 180 Å². The highest BCUT2D eigenvalue weighted by Gasteiger charge is 2.52. The molecule has 0 spiro atoms. The molecule has 2 fully saturated rings. The largest absolute Gasteiger partial charge is 0.464 e. The molecule has 0 aromatic carbocycles. The molecule has 1 aromatic heterocycles. The number of carbonyl (C=O) groups is 2. The number of esters is 2. The lowest BCUT2D eigenvalue weighted by molar-refractivity contribution is -0.281. The Morgan fingerprint density at radius 1 is 1.09 bits per heavy atom. The minimum Gasteiger partial charge on any atom is -0.464 e. The van der Waals surface area contributed by atoms with Gasteiger partial charge in [0.2, 0.25) is 0 Å². The molecule has 2 aliphatic heterocycles. The summed E-state index contributed by atoms with van der Waals surface area (Å²) in [6.07, 6.45) is -7.15. The van der Waals surface area contributed by atoms with Gasteiger partial charge in [-0.2, -0.15) is 0 Å². The topological polar surface area (TPSA) is 185 Å². The maximum Gasteiger partial charge on any atom is 0.338 e. The molecule has 0 radical (unpaired) electrons. The molecule has 0 amide bonds. The first-order valence-electron chi connectivity index (χ1n) is 9.86.